The van der Waals surface area contributed by atoms with Crippen LogP contribution in [0.3, 0.4) is 0 Å². The van der Waals surface area contributed by atoms with Gasteiger partial charge in [-0.05, 0) is 43.8 Å². The van der Waals surface area contributed by atoms with Crippen LogP contribution in [0.15, 0.2) is 42.5 Å². The first kappa shape index (κ1) is 19.1. The highest BCUT2D eigenvalue weighted by atomic mass is 35.5. The Kier molecular flexibility index (Phi) is 6.67. The molecule has 0 aromatic heterocycles. The molecule has 134 valence electrons. The van der Waals surface area contributed by atoms with Crippen molar-refractivity contribution in [1.29, 1.82) is 0 Å². The van der Waals surface area contributed by atoms with Crippen molar-refractivity contribution in [2.75, 3.05) is 33.1 Å². The maximum absolute atomic E-state index is 12.4. The summed E-state index contributed by atoms with van der Waals surface area (Å²) in [6.45, 7) is 2.26. The normalized spacial score (nSPS) is 11.9. The van der Waals surface area contributed by atoms with Gasteiger partial charge in [0.25, 0.3) is 0 Å². The first-order valence-electron chi connectivity index (χ1n) is 7.92. The van der Waals surface area contributed by atoms with Crippen LogP contribution in [0.1, 0.15) is 18.5 Å². The van der Waals surface area contributed by atoms with Gasteiger partial charge in [0.1, 0.15) is 11.5 Å². The van der Waals surface area contributed by atoms with Crippen molar-refractivity contribution in [1.82, 2.24) is 4.90 Å². The Balaban J connectivity index is 2.04. The first-order valence-corrected chi connectivity index (χ1v) is 8.30. The van der Waals surface area contributed by atoms with Crippen molar-refractivity contribution < 1.29 is 14.3 Å². The number of nitrogens with zero attached hydrogens (tertiary/aromatic N) is 1. The maximum atomic E-state index is 12.4. The van der Waals surface area contributed by atoms with Crippen LogP contribution >= 0.6 is 11.6 Å². The predicted octanol–water partition coefficient (Wildman–Crippen LogP) is 3.99. The van der Waals surface area contributed by atoms with Crippen LogP contribution in [0.5, 0.6) is 11.5 Å². The topological polar surface area (TPSA) is 50.8 Å². The van der Waals surface area contributed by atoms with E-state index in [1.165, 1.54) is 0 Å². The van der Waals surface area contributed by atoms with Crippen LogP contribution in [0.4, 0.5) is 5.69 Å². The Bertz CT molecular complexity index is 736. The summed E-state index contributed by atoms with van der Waals surface area (Å²) in [4.78, 5) is 14.4. The first-order chi connectivity index (χ1) is 11.9. The molecule has 6 heteroatoms. The molecule has 0 saturated carbocycles. The molecule has 25 heavy (non-hydrogen) atoms. The van der Waals surface area contributed by atoms with Gasteiger partial charge in [0.15, 0.2) is 0 Å². The number of hydrogen-bond acceptors (Lipinski definition) is 4. The van der Waals surface area contributed by atoms with E-state index >= 15 is 0 Å². The van der Waals surface area contributed by atoms with Crippen LogP contribution in [0.2, 0.25) is 5.02 Å². The molecule has 0 aliphatic heterocycles. The molecule has 1 N–H and O–H groups in total. The average Bonchev–Trinajstić information content (AvgIpc) is 2.60. The molecule has 5 nitrogen and oxygen atoms in total. The minimum atomic E-state index is -0.136. The summed E-state index contributed by atoms with van der Waals surface area (Å²) < 4.78 is 10.5. The number of anilines is 1. The summed E-state index contributed by atoms with van der Waals surface area (Å²) in [6.07, 6.45) is 0. The van der Waals surface area contributed by atoms with E-state index in [1.807, 2.05) is 43.1 Å². The molecule has 0 bridgehead atoms. The van der Waals surface area contributed by atoms with Crippen LogP contribution in [0.25, 0.3) is 0 Å². The second-order valence-electron chi connectivity index (χ2n) is 5.76. The Labute approximate surface area is 153 Å². The van der Waals surface area contributed by atoms with E-state index in [4.69, 9.17) is 21.1 Å². The van der Waals surface area contributed by atoms with Crippen molar-refractivity contribution >= 4 is 23.2 Å². The lowest BCUT2D eigenvalue weighted by molar-refractivity contribution is -0.117. The number of carbonyl (C=O) groups is 1. The minimum absolute atomic E-state index is 0.0525. The Morgan fingerprint density at radius 1 is 1.20 bits per heavy atom. The van der Waals surface area contributed by atoms with Gasteiger partial charge in [-0.1, -0.05) is 23.7 Å². The molecule has 2 aromatic rings. The highest BCUT2D eigenvalue weighted by Crippen LogP contribution is 2.29. The van der Waals surface area contributed by atoms with E-state index in [-0.39, 0.29) is 18.5 Å². The molecule has 0 spiro atoms. The molecule has 0 radical (unpaired) electrons. The largest absolute Gasteiger partial charge is 0.497 e. The number of halogens is 1. The lowest BCUT2D eigenvalue weighted by Gasteiger charge is -2.24. The summed E-state index contributed by atoms with van der Waals surface area (Å²) in [7, 11) is 5.03. The molecule has 0 aliphatic carbocycles. The fourth-order valence-electron chi connectivity index (χ4n) is 2.49. The number of ether oxygens (including phenoxy) is 2. The number of carbonyl (C=O) groups excluding carboxylic acids is 1. The molecular weight excluding hydrogens is 340 g/mol. The third kappa shape index (κ3) is 5.11. The van der Waals surface area contributed by atoms with Gasteiger partial charge in [0, 0.05) is 17.1 Å². The second kappa shape index (κ2) is 8.74. The number of rotatable bonds is 7. The van der Waals surface area contributed by atoms with Crippen molar-refractivity contribution in [3.63, 3.8) is 0 Å². The highest BCUT2D eigenvalue weighted by Gasteiger charge is 2.16. The summed E-state index contributed by atoms with van der Waals surface area (Å²) >= 11 is 6.05. The summed E-state index contributed by atoms with van der Waals surface area (Å²) in [5.41, 5.74) is 1.64. The van der Waals surface area contributed by atoms with Gasteiger partial charge in [-0.2, -0.15) is 0 Å². The standard InChI is InChI=1S/C19H23ClN2O3/c1-13(14-6-5-7-15(20)10-14)22(2)12-19(23)21-17-11-16(24-3)8-9-18(17)25-4/h5-11,13H,12H2,1-4H3,(H,21,23). The lowest BCUT2D eigenvalue weighted by Crippen LogP contribution is -2.32. The number of amides is 1. The van der Waals surface area contributed by atoms with Crippen LogP contribution in [0, 0.1) is 0 Å². The third-order valence-electron chi connectivity index (χ3n) is 4.07. The second-order valence-corrected chi connectivity index (χ2v) is 6.20. The van der Waals surface area contributed by atoms with Gasteiger partial charge in [0.05, 0.1) is 26.5 Å². The van der Waals surface area contributed by atoms with E-state index in [9.17, 15) is 4.79 Å². The van der Waals surface area contributed by atoms with Gasteiger partial charge in [-0.3, -0.25) is 9.69 Å². The monoisotopic (exact) mass is 362 g/mol. The number of benzene rings is 2. The Morgan fingerprint density at radius 2 is 1.96 bits per heavy atom. The predicted molar refractivity (Wildman–Crippen MR) is 101 cm³/mol. The van der Waals surface area contributed by atoms with Gasteiger partial charge >= 0.3 is 0 Å². The molecule has 2 aromatic carbocycles. The summed E-state index contributed by atoms with van der Waals surface area (Å²) in [5, 5.41) is 3.56. The molecule has 1 atom stereocenters. The number of methoxy groups -OCH3 is 2. The maximum Gasteiger partial charge on any atom is 0.238 e. The summed E-state index contributed by atoms with van der Waals surface area (Å²) in [5.74, 6) is 1.10. The van der Waals surface area contributed by atoms with E-state index < -0.39 is 0 Å². The molecule has 0 fully saturated rings. The summed E-state index contributed by atoms with van der Waals surface area (Å²) in [6, 6.07) is 13.0. The lowest BCUT2D eigenvalue weighted by atomic mass is 10.1. The number of hydrogen-bond donors (Lipinski definition) is 1. The average molecular weight is 363 g/mol. The van der Waals surface area contributed by atoms with E-state index in [1.54, 1.807) is 32.4 Å². The fourth-order valence-corrected chi connectivity index (χ4v) is 2.68. The Morgan fingerprint density at radius 3 is 2.60 bits per heavy atom. The molecule has 0 heterocycles. The minimum Gasteiger partial charge on any atom is -0.497 e. The van der Waals surface area contributed by atoms with Crippen molar-refractivity contribution in [3.05, 3.63) is 53.1 Å². The van der Waals surface area contributed by atoms with Crippen LogP contribution < -0.4 is 14.8 Å². The zero-order chi connectivity index (χ0) is 18.4. The Hall–Kier alpha value is -2.24. The van der Waals surface area contributed by atoms with Gasteiger partial charge in [0.2, 0.25) is 5.91 Å². The number of likely N-dealkylation sites (N-methyl/N-ethyl adjacent to an activating group) is 1. The zero-order valence-electron chi connectivity index (χ0n) is 14.9. The molecule has 1 amide bonds. The van der Waals surface area contributed by atoms with Crippen molar-refractivity contribution in [2.45, 2.75) is 13.0 Å². The van der Waals surface area contributed by atoms with Gasteiger partial charge in [-0.15, -0.1) is 0 Å². The van der Waals surface area contributed by atoms with E-state index in [0.717, 1.165) is 5.56 Å². The van der Waals surface area contributed by atoms with Crippen molar-refractivity contribution in [2.24, 2.45) is 0 Å². The van der Waals surface area contributed by atoms with Crippen LogP contribution in [-0.2, 0) is 4.79 Å². The van der Waals surface area contributed by atoms with Gasteiger partial charge in [-0.25, -0.2) is 0 Å². The molecular formula is C19H23ClN2O3. The molecule has 2 rings (SSSR count). The molecule has 0 saturated heterocycles. The van der Waals surface area contributed by atoms with Gasteiger partial charge < -0.3 is 14.8 Å². The molecule has 1 unspecified atom stereocenters. The van der Waals surface area contributed by atoms with E-state index in [0.29, 0.717) is 22.2 Å². The number of nitrogens with one attached hydrogen (secondary N) is 1. The smallest absolute Gasteiger partial charge is 0.238 e. The van der Waals surface area contributed by atoms with Crippen LogP contribution in [-0.4, -0.2) is 38.6 Å². The quantitative estimate of drug-likeness (QED) is 0.809. The fraction of sp³-hybridized carbons (Fsp3) is 0.316. The third-order valence-corrected chi connectivity index (χ3v) is 4.30. The zero-order valence-corrected chi connectivity index (χ0v) is 15.6. The molecule has 0 aliphatic rings. The SMILES string of the molecule is COc1ccc(OC)c(NC(=O)CN(C)C(C)c2cccc(Cl)c2)c1. The highest BCUT2D eigenvalue weighted by molar-refractivity contribution is 6.30. The van der Waals surface area contributed by atoms with E-state index in [2.05, 4.69) is 5.32 Å². The van der Waals surface area contributed by atoms with Crippen molar-refractivity contribution in [3.8, 4) is 11.5 Å².